The van der Waals surface area contributed by atoms with Gasteiger partial charge in [-0.15, -0.1) is 0 Å². The number of rotatable bonds is 10. The lowest BCUT2D eigenvalue weighted by molar-refractivity contribution is -0.121. The van der Waals surface area contributed by atoms with Gasteiger partial charge in [-0.05, 0) is 55.0 Å². The molecule has 33 heavy (non-hydrogen) atoms. The third-order valence-corrected chi connectivity index (χ3v) is 5.69. The first kappa shape index (κ1) is 24.4. The van der Waals surface area contributed by atoms with Crippen molar-refractivity contribution >= 4 is 17.6 Å². The third-order valence-electron chi connectivity index (χ3n) is 5.69. The van der Waals surface area contributed by atoms with E-state index in [-0.39, 0.29) is 29.7 Å². The summed E-state index contributed by atoms with van der Waals surface area (Å²) < 4.78 is 5.48. The van der Waals surface area contributed by atoms with Crippen LogP contribution >= 0.6 is 0 Å². The molecular weight excluding hydrogens is 416 g/mol. The smallest absolute Gasteiger partial charge is 0.339 e. The van der Waals surface area contributed by atoms with E-state index in [0.717, 1.165) is 42.7 Å². The first-order chi connectivity index (χ1) is 15.9. The molecule has 0 radical (unpaired) electrons. The van der Waals surface area contributed by atoms with Gasteiger partial charge in [0.15, 0.2) is 0 Å². The fraction of sp³-hybridized carbons (Fsp3) is 0.407. The minimum atomic E-state index is -1.05. The Morgan fingerprint density at radius 2 is 1.94 bits per heavy atom. The molecule has 2 aromatic rings. The molecule has 0 unspecified atom stereocenters. The van der Waals surface area contributed by atoms with Crippen LogP contribution in [0, 0.1) is 5.92 Å². The zero-order valence-corrected chi connectivity index (χ0v) is 19.7. The number of hydrogen-bond donors (Lipinski definition) is 2. The molecule has 0 aliphatic carbocycles. The predicted molar refractivity (Wildman–Crippen MR) is 131 cm³/mol. The van der Waals surface area contributed by atoms with Gasteiger partial charge in [0.25, 0.3) is 0 Å². The average Bonchev–Trinajstić information content (AvgIpc) is 2.79. The lowest BCUT2D eigenvalue weighted by Gasteiger charge is -2.31. The minimum absolute atomic E-state index is 0.0977. The van der Waals surface area contributed by atoms with Crippen LogP contribution in [0.3, 0.4) is 0 Å². The second-order valence-corrected chi connectivity index (χ2v) is 8.76. The van der Waals surface area contributed by atoms with E-state index in [1.807, 2.05) is 12.1 Å². The van der Waals surface area contributed by atoms with Crippen molar-refractivity contribution in [2.24, 2.45) is 5.92 Å². The molecule has 0 aromatic heterocycles. The standard InChI is InChI=1S/C27H34N2O4/c1-4-33-25-17-20(12-13-22(25)27(31)32)18-26(30)28-23(16-19(2)3)21-10-6-7-11-24(21)29-14-8-5-9-15-29/h5-8,10-13,17,19,23H,4,9,14-16,18H2,1-3H3,(H,28,30)(H,31,32)/t23-/m0/s1. The van der Waals surface area contributed by atoms with E-state index >= 15 is 0 Å². The number of carboxylic acid groups (broad SMARTS) is 1. The first-order valence-electron chi connectivity index (χ1n) is 11.7. The molecule has 0 bridgehead atoms. The second-order valence-electron chi connectivity index (χ2n) is 8.76. The highest BCUT2D eigenvalue weighted by Gasteiger charge is 2.22. The largest absolute Gasteiger partial charge is 0.493 e. The first-order valence-corrected chi connectivity index (χ1v) is 11.7. The zero-order chi connectivity index (χ0) is 23.8. The molecule has 3 rings (SSSR count). The van der Waals surface area contributed by atoms with E-state index in [2.05, 4.69) is 48.3 Å². The van der Waals surface area contributed by atoms with Crippen molar-refractivity contribution in [2.75, 3.05) is 24.6 Å². The summed E-state index contributed by atoms with van der Waals surface area (Å²) in [6, 6.07) is 13.0. The molecule has 6 heteroatoms. The van der Waals surface area contributed by atoms with Crippen molar-refractivity contribution in [3.63, 3.8) is 0 Å². The van der Waals surface area contributed by atoms with Gasteiger partial charge in [-0.3, -0.25) is 4.79 Å². The normalized spacial score (nSPS) is 14.2. The molecule has 176 valence electrons. The number of amides is 1. The maximum atomic E-state index is 13.1. The molecule has 2 aromatic carbocycles. The van der Waals surface area contributed by atoms with Crippen molar-refractivity contribution in [2.45, 2.75) is 46.1 Å². The van der Waals surface area contributed by atoms with Crippen LogP contribution in [0.1, 0.15) is 61.1 Å². The van der Waals surface area contributed by atoms with Gasteiger partial charge in [0, 0.05) is 18.8 Å². The molecule has 6 nitrogen and oxygen atoms in total. The van der Waals surface area contributed by atoms with Crippen molar-refractivity contribution in [3.8, 4) is 5.75 Å². The van der Waals surface area contributed by atoms with Crippen LogP contribution in [-0.4, -0.2) is 36.7 Å². The number of anilines is 1. The minimum Gasteiger partial charge on any atom is -0.493 e. The molecule has 2 N–H and O–H groups in total. The van der Waals surface area contributed by atoms with Gasteiger partial charge < -0.3 is 20.1 Å². The Morgan fingerprint density at radius 3 is 2.61 bits per heavy atom. The van der Waals surface area contributed by atoms with Gasteiger partial charge in [0.1, 0.15) is 11.3 Å². The maximum absolute atomic E-state index is 13.1. The fourth-order valence-electron chi connectivity index (χ4n) is 4.22. The molecule has 0 fully saturated rings. The SMILES string of the molecule is CCOc1cc(CC(=O)N[C@@H](CC(C)C)c2ccccc2N2CC=CCC2)ccc1C(=O)O. The highest BCUT2D eigenvalue weighted by atomic mass is 16.5. The number of nitrogens with one attached hydrogen (secondary N) is 1. The van der Waals surface area contributed by atoms with Crippen LogP contribution in [0.2, 0.25) is 0 Å². The Labute approximate surface area is 196 Å². The Bertz CT molecular complexity index is 999. The number of carboxylic acids is 1. The number of ether oxygens (including phenoxy) is 1. The van der Waals surface area contributed by atoms with Crippen LogP contribution < -0.4 is 15.0 Å². The molecule has 1 aliphatic rings. The number of benzene rings is 2. The maximum Gasteiger partial charge on any atom is 0.339 e. The summed E-state index contributed by atoms with van der Waals surface area (Å²) in [5.74, 6) is -0.448. The fourth-order valence-corrected chi connectivity index (χ4v) is 4.22. The molecule has 0 saturated heterocycles. The summed E-state index contributed by atoms with van der Waals surface area (Å²) in [4.78, 5) is 26.8. The Kier molecular flexibility index (Phi) is 8.52. The van der Waals surface area contributed by atoms with Gasteiger partial charge >= 0.3 is 5.97 Å². The van der Waals surface area contributed by atoms with Crippen molar-refractivity contribution in [3.05, 3.63) is 71.3 Å². The number of carbonyl (C=O) groups is 2. The van der Waals surface area contributed by atoms with Crippen LogP contribution in [-0.2, 0) is 11.2 Å². The number of para-hydroxylation sites is 1. The molecule has 0 spiro atoms. The van der Waals surface area contributed by atoms with Crippen molar-refractivity contribution in [1.82, 2.24) is 5.32 Å². The van der Waals surface area contributed by atoms with E-state index in [0.29, 0.717) is 12.5 Å². The highest BCUT2D eigenvalue weighted by Crippen LogP contribution is 2.31. The molecule has 1 aliphatic heterocycles. The van der Waals surface area contributed by atoms with Crippen LogP contribution in [0.25, 0.3) is 0 Å². The Balaban J connectivity index is 1.80. The second kappa shape index (κ2) is 11.5. The van der Waals surface area contributed by atoms with E-state index in [1.54, 1.807) is 19.1 Å². The van der Waals surface area contributed by atoms with Crippen LogP contribution in [0.4, 0.5) is 5.69 Å². The average molecular weight is 451 g/mol. The number of nitrogens with zero attached hydrogens (tertiary/aromatic N) is 1. The molecular formula is C27H34N2O4. The van der Waals surface area contributed by atoms with E-state index in [1.165, 1.54) is 6.07 Å². The lowest BCUT2D eigenvalue weighted by atomic mass is 9.94. The summed E-state index contributed by atoms with van der Waals surface area (Å²) in [5.41, 5.74) is 3.12. The van der Waals surface area contributed by atoms with Crippen molar-refractivity contribution in [1.29, 1.82) is 0 Å². The summed E-state index contributed by atoms with van der Waals surface area (Å²) >= 11 is 0. The molecule has 1 heterocycles. The van der Waals surface area contributed by atoms with Crippen LogP contribution in [0.15, 0.2) is 54.6 Å². The molecule has 1 amide bonds. The Morgan fingerprint density at radius 1 is 1.15 bits per heavy atom. The highest BCUT2D eigenvalue weighted by molar-refractivity contribution is 5.91. The van der Waals surface area contributed by atoms with Gasteiger partial charge in [-0.1, -0.05) is 50.3 Å². The number of carbonyl (C=O) groups excluding carboxylic acids is 1. The Hall–Kier alpha value is -3.28. The van der Waals surface area contributed by atoms with Gasteiger partial charge in [0.05, 0.1) is 19.1 Å². The van der Waals surface area contributed by atoms with Gasteiger partial charge in [-0.2, -0.15) is 0 Å². The number of aromatic carboxylic acids is 1. The third kappa shape index (κ3) is 6.60. The molecule has 1 atom stereocenters. The van der Waals surface area contributed by atoms with Gasteiger partial charge in [-0.25, -0.2) is 4.79 Å². The zero-order valence-electron chi connectivity index (χ0n) is 19.7. The summed E-state index contributed by atoms with van der Waals surface area (Å²) in [5, 5.41) is 12.6. The lowest BCUT2D eigenvalue weighted by Crippen LogP contribution is -2.33. The molecule has 0 saturated carbocycles. The summed E-state index contributed by atoms with van der Waals surface area (Å²) in [7, 11) is 0. The van der Waals surface area contributed by atoms with Crippen LogP contribution in [0.5, 0.6) is 5.75 Å². The van der Waals surface area contributed by atoms with Crippen molar-refractivity contribution < 1.29 is 19.4 Å². The van der Waals surface area contributed by atoms with E-state index in [4.69, 9.17) is 4.74 Å². The van der Waals surface area contributed by atoms with E-state index < -0.39 is 5.97 Å². The monoisotopic (exact) mass is 450 g/mol. The predicted octanol–water partition coefficient (Wildman–Crippen LogP) is 5.00. The quantitative estimate of drug-likeness (QED) is 0.498. The summed E-state index contributed by atoms with van der Waals surface area (Å²) in [6.07, 6.45) is 6.40. The van der Waals surface area contributed by atoms with Gasteiger partial charge in [0.2, 0.25) is 5.91 Å². The topological polar surface area (TPSA) is 78.9 Å². The number of hydrogen-bond acceptors (Lipinski definition) is 4. The van der Waals surface area contributed by atoms with E-state index in [9.17, 15) is 14.7 Å². The summed E-state index contributed by atoms with van der Waals surface area (Å²) in [6.45, 7) is 8.31.